The van der Waals surface area contributed by atoms with Crippen molar-refractivity contribution >= 4 is 11.9 Å². The first kappa shape index (κ1) is 21.9. The third-order valence-corrected chi connectivity index (χ3v) is 4.00. The molecule has 2 aromatic carbocycles. The molecule has 0 atom stereocenters. The van der Waals surface area contributed by atoms with Crippen molar-refractivity contribution in [2.24, 2.45) is 0 Å². The van der Waals surface area contributed by atoms with Gasteiger partial charge in [0.2, 0.25) is 0 Å². The van der Waals surface area contributed by atoms with E-state index in [9.17, 15) is 9.59 Å². The number of amides is 1. The van der Waals surface area contributed by atoms with Crippen LogP contribution in [0.2, 0.25) is 0 Å². The second-order valence-corrected chi connectivity index (χ2v) is 5.83. The Kier molecular flexibility index (Phi) is 8.14. The summed E-state index contributed by atoms with van der Waals surface area (Å²) in [5, 5.41) is 2.76. The average molecular weight is 403 g/mol. The summed E-state index contributed by atoms with van der Waals surface area (Å²) in [5.41, 5.74) is 1.15. The standard InChI is InChI=1S/C21H25NO7/c1-5-28-21(24)14-6-8-16(9-7-14)29-13-20(23)22-12-15-10-18(26-3)19(27-4)11-17(15)25-2/h6-11H,5,12-13H2,1-4H3,(H,22,23). The molecule has 0 aliphatic carbocycles. The number of carbonyl (C=O) groups excluding carboxylic acids is 2. The van der Waals surface area contributed by atoms with Gasteiger partial charge in [-0.25, -0.2) is 4.79 Å². The van der Waals surface area contributed by atoms with E-state index in [0.717, 1.165) is 5.56 Å². The van der Waals surface area contributed by atoms with E-state index in [1.807, 2.05) is 0 Å². The van der Waals surface area contributed by atoms with Crippen LogP contribution in [0.4, 0.5) is 0 Å². The van der Waals surface area contributed by atoms with Gasteiger partial charge in [0, 0.05) is 18.2 Å². The zero-order chi connectivity index (χ0) is 21.2. The minimum absolute atomic E-state index is 0.172. The Hall–Kier alpha value is -3.42. The summed E-state index contributed by atoms with van der Waals surface area (Å²) in [4.78, 5) is 23.7. The summed E-state index contributed by atoms with van der Waals surface area (Å²) in [5.74, 6) is 1.40. The van der Waals surface area contributed by atoms with Gasteiger partial charge < -0.3 is 29.0 Å². The molecule has 0 heterocycles. The van der Waals surface area contributed by atoms with Gasteiger partial charge in [-0.1, -0.05) is 0 Å². The molecule has 0 radical (unpaired) electrons. The summed E-state index contributed by atoms with van der Waals surface area (Å²) in [6, 6.07) is 9.82. The average Bonchev–Trinajstić information content (AvgIpc) is 2.75. The molecule has 156 valence electrons. The van der Waals surface area contributed by atoms with Crippen LogP contribution in [-0.4, -0.2) is 46.4 Å². The molecule has 1 amide bonds. The second-order valence-electron chi connectivity index (χ2n) is 5.83. The Balaban J connectivity index is 1.91. The minimum atomic E-state index is -0.402. The van der Waals surface area contributed by atoms with Crippen LogP contribution in [0.3, 0.4) is 0 Å². The van der Waals surface area contributed by atoms with Gasteiger partial charge in [0.25, 0.3) is 5.91 Å². The van der Waals surface area contributed by atoms with E-state index < -0.39 is 5.97 Å². The van der Waals surface area contributed by atoms with Crippen LogP contribution in [0, 0.1) is 0 Å². The van der Waals surface area contributed by atoms with Gasteiger partial charge in [-0.05, 0) is 37.3 Å². The Bertz CT molecular complexity index is 834. The van der Waals surface area contributed by atoms with Gasteiger partial charge >= 0.3 is 5.97 Å². The Morgan fingerprint density at radius 1 is 0.897 bits per heavy atom. The first-order valence-electron chi connectivity index (χ1n) is 8.97. The van der Waals surface area contributed by atoms with Crippen molar-refractivity contribution in [3.8, 4) is 23.0 Å². The van der Waals surface area contributed by atoms with E-state index in [-0.39, 0.29) is 19.1 Å². The highest BCUT2D eigenvalue weighted by Crippen LogP contribution is 2.34. The largest absolute Gasteiger partial charge is 0.496 e. The zero-order valence-electron chi connectivity index (χ0n) is 16.9. The summed E-state index contributed by atoms with van der Waals surface area (Å²) < 4.78 is 26.2. The normalized spacial score (nSPS) is 10.1. The van der Waals surface area contributed by atoms with Crippen molar-refractivity contribution in [3.05, 3.63) is 47.5 Å². The first-order valence-corrected chi connectivity index (χ1v) is 8.97. The van der Waals surface area contributed by atoms with Gasteiger partial charge in [0.15, 0.2) is 18.1 Å². The lowest BCUT2D eigenvalue weighted by atomic mass is 10.1. The van der Waals surface area contributed by atoms with Crippen molar-refractivity contribution in [2.75, 3.05) is 34.5 Å². The third-order valence-electron chi connectivity index (χ3n) is 4.00. The molecule has 29 heavy (non-hydrogen) atoms. The fraction of sp³-hybridized carbons (Fsp3) is 0.333. The highest BCUT2D eigenvalue weighted by atomic mass is 16.5. The maximum Gasteiger partial charge on any atom is 0.338 e. The number of methoxy groups -OCH3 is 3. The fourth-order valence-electron chi connectivity index (χ4n) is 2.53. The molecule has 1 N–H and O–H groups in total. The maximum absolute atomic E-state index is 12.1. The number of hydrogen-bond donors (Lipinski definition) is 1. The Morgan fingerprint density at radius 3 is 2.10 bits per heavy atom. The van der Waals surface area contributed by atoms with Crippen molar-refractivity contribution < 1.29 is 33.3 Å². The lowest BCUT2D eigenvalue weighted by Gasteiger charge is -2.14. The summed E-state index contributed by atoms with van der Waals surface area (Å²) in [6.45, 7) is 2.11. The van der Waals surface area contributed by atoms with E-state index >= 15 is 0 Å². The number of hydrogen-bond acceptors (Lipinski definition) is 7. The highest BCUT2D eigenvalue weighted by Gasteiger charge is 2.13. The Morgan fingerprint density at radius 2 is 1.52 bits per heavy atom. The van der Waals surface area contributed by atoms with Gasteiger partial charge in [-0.2, -0.15) is 0 Å². The molecule has 0 unspecified atom stereocenters. The molecule has 2 rings (SSSR count). The van der Waals surface area contributed by atoms with Crippen LogP contribution in [0.5, 0.6) is 23.0 Å². The predicted molar refractivity (Wildman–Crippen MR) is 106 cm³/mol. The van der Waals surface area contributed by atoms with Gasteiger partial charge in [-0.3, -0.25) is 4.79 Å². The van der Waals surface area contributed by atoms with Gasteiger partial charge in [-0.15, -0.1) is 0 Å². The topological polar surface area (TPSA) is 92.3 Å². The SMILES string of the molecule is CCOC(=O)c1ccc(OCC(=O)NCc2cc(OC)c(OC)cc2OC)cc1. The highest BCUT2D eigenvalue weighted by molar-refractivity contribution is 5.89. The lowest BCUT2D eigenvalue weighted by Crippen LogP contribution is -2.28. The number of nitrogens with one attached hydrogen (secondary N) is 1. The summed E-state index contributed by atoms with van der Waals surface area (Å²) >= 11 is 0. The zero-order valence-corrected chi connectivity index (χ0v) is 16.9. The quantitative estimate of drug-likeness (QED) is 0.610. The van der Waals surface area contributed by atoms with Gasteiger partial charge in [0.1, 0.15) is 11.5 Å². The smallest absolute Gasteiger partial charge is 0.338 e. The number of rotatable bonds is 10. The lowest BCUT2D eigenvalue weighted by molar-refractivity contribution is -0.123. The first-order chi connectivity index (χ1) is 14.0. The summed E-state index contributed by atoms with van der Waals surface area (Å²) in [6.07, 6.45) is 0. The van der Waals surface area contributed by atoms with Crippen molar-refractivity contribution in [2.45, 2.75) is 13.5 Å². The molecule has 0 aliphatic rings. The van der Waals surface area contributed by atoms with Crippen LogP contribution >= 0.6 is 0 Å². The van der Waals surface area contributed by atoms with Crippen molar-refractivity contribution in [1.82, 2.24) is 5.32 Å². The molecule has 8 nitrogen and oxygen atoms in total. The van der Waals surface area contributed by atoms with Crippen LogP contribution in [0.1, 0.15) is 22.8 Å². The van der Waals surface area contributed by atoms with Crippen LogP contribution in [0.25, 0.3) is 0 Å². The molecule has 0 spiro atoms. The van der Waals surface area contributed by atoms with Crippen LogP contribution in [0.15, 0.2) is 36.4 Å². The van der Waals surface area contributed by atoms with Gasteiger partial charge in [0.05, 0.1) is 33.5 Å². The number of carbonyl (C=O) groups is 2. The second kappa shape index (κ2) is 10.8. The van der Waals surface area contributed by atoms with Crippen molar-refractivity contribution in [3.63, 3.8) is 0 Å². The van der Waals surface area contributed by atoms with E-state index in [4.69, 9.17) is 23.7 Å². The molecular weight excluding hydrogens is 378 g/mol. The molecule has 0 saturated carbocycles. The molecule has 0 aromatic heterocycles. The molecular formula is C21H25NO7. The van der Waals surface area contributed by atoms with E-state index in [0.29, 0.717) is 35.2 Å². The third kappa shape index (κ3) is 6.03. The number of ether oxygens (including phenoxy) is 5. The number of esters is 1. The molecule has 0 saturated heterocycles. The Labute approximate surface area is 169 Å². The summed E-state index contributed by atoms with van der Waals surface area (Å²) in [7, 11) is 4.61. The van der Waals surface area contributed by atoms with Crippen LogP contribution < -0.4 is 24.3 Å². The fourth-order valence-corrected chi connectivity index (χ4v) is 2.53. The predicted octanol–water partition coefficient (Wildman–Crippen LogP) is 2.58. The molecule has 0 aliphatic heterocycles. The monoisotopic (exact) mass is 403 g/mol. The molecule has 0 fully saturated rings. The van der Waals surface area contributed by atoms with Crippen LogP contribution in [-0.2, 0) is 16.1 Å². The van der Waals surface area contributed by atoms with E-state index in [1.54, 1.807) is 43.3 Å². The van der Waals surface area contributed by atoms with E-state index in [2.05, 4.69) is 5.32 Å². The molecule has 8 heteroatoms. The van der Waals surface area contributed by atoms with E-state index in [1.165, 1.54) is 21.3 Å². The van der Waals surface area contributed by atoms with Crippen molar-refractivity contribution in [1.29, 1.82) is 0 Å². The molecule has 2 aromatic rings. The minimum Gasteiger partial charge on any atom is -0.496 e. The number of benzene rings is 2. The molecule has 0 bridgehead atoms. The maximum atomic E-state index is 12.1.